The number of thioether (sulfide) groups is 4. The Morgan fingerprint density at radius 3 is 1.15 bits per heavy atom. The van der Waals surface area contributed by atoms with Crippen molar-refractivity contribution in [1.82, 2.24) is 0 Å². The fourth-order valence-corrected chi connectivity index (χ4v) is 10.5. The third-order valence-corrected chi connectivity index (χ3v) is 15.7. The zero-order valence-corrected chi connectivity index (χ0v) is 47.1. The van der Waals surface area contributed by atoms with E-state index in [1.54, 1.807) is 17.8 Å². The van der Waals surface area contributed by atoms with E-state index in [9.17, 15) is 19.2 Å². The van der Waals surface area contributed by atoms with Gasteiger partial charge in [0.1, 0.15) is 0 Å². The average molecular weight is 1020 g/mol. The maximum absolute atomic E-state index is 12.2. The van der Waals surface area contributed by atoms with Crippen LogP contribution in [0.2, 0.25) is 0 Å². The summed E-state index contributed by atoms with van der Waals surface area (Å²) in [5.74, 6) is 0.662. The van der Waals surface area contributed by atoms with Crippen LogP contribution in [0, 0.1) is 0 Å². The minimum atomic E-state index is -0.196. The van der Waals surface area contributed by atoms with Gasteiger partial charge in [-0.15, -0.1) is 0 Å². The first-order chi connectivity index (χ1) is 32.2. The molecule has 2 atom stereocenters. The van der Waals surface area contributed by atoms with Crippen molar-refractivity contribution in [1.29, 1.82) is 0 Å². The molecule has 0 fully saturated rings. The van der Waals surface area contributed by atoms with E-state index in [1.807, 2.05) is 30.8 Å². The number of hydrogen-bond acceptors (Lipinski definition) is 10. The summed E-state index contributed by atoms with van der Waals surface area (Å²) in [4.78, 5) is 47.3. The van der Waals surface area contributed by atoms with Gasteiger partial charge < -0.3 is 9.47 Å². The number of hydrogen-bond donors (Lipinski definition) is 0. The van der Waals surface area contributed by atoms with E-state index in [0.717, 1.165) is 43.9 Å². The Bertz CT molecular complexity index is 1130. The Morgan fingerprint density at radius 2 is 0.821 bits per heavy atom. The lowest BCUT2D eigenvalue weighted by Crippen LogP contribution is -2.14. The quantitative estimate of drug-likeness (QED) is 0.0254. The highest BCUT2D eigenvalue weighted by Crippen LogP contribution is 2.25. The van der Waals surface area contributed by atoms with Crippen LogP contribution in [0.4, 0.5) is 0 Å². The highest BCUT2D eigenvalue weighted by molar-refractivity contribution is 8.14. The summed E-state index contributed by atoms with van der Waals surface area (Å²) in [7, 11) is 0. The second-order valence-electron chi connectivity index (χ2n) is 18.2. The maximum atomic E-state index is 12.2. The standard InChI is InChI=1S/C29H56O3S3.C27H48O3S.CH4/c1-5-6-7-8-9-10-11-12-13-14-15-16-17-18-19-20-22-32-28(30)21-23-35-29(31)25-27(34-4)24-26(2)33-3;1-3-5-7-8-9-10-11-12-13-14-15-16-17-18-19-21-24-30-26(28)23-25-31-27(29)22-20-6-4-2;/h26-27H,5-25H2,1-4H3;4,6,20,22H,3,5,7-19,21,23-25H2,1-2H3;1H4/b;6-4+,22-20+;. The van der Waals surface area contributed by atoms with Crippen molar-refractivity contribution in [2.24, 2.45) is 0 Å². The van der Waals surface area contributed by atoms with E-state index in [0.29, 0.717) is 54.5 Å². The molecule has 0 bridgehead atoms. The molecule has 0 aliphatic rings. The average Bonchev–Trinajstić information content (AvgIpc) is 3.31. The molecule has 0 aliphatic heterocycles. The van der Waals surface area contributed by atoms with Crippen molar-refractivity contribution in [3.05, 3.63) is 24.3 Å². The predicted octanol–water partition coefficient (Wildman–Crippen LogP) is 18.9. The largest absolute Gasteiger partial charge is 0.466 e. The van der Waals surface area contributed by atoms with Gasteiger partial charge in [-0.3, -0.25) is 19.2 Å². The van der Waals surface area contributed by atoms with Gasteiger partial charge in [0.05, 0.1) is 26.1 Å². The summed E-state index contributed by atoms with van der Waals surface area (Å²) in [6, 6.07) is 0. The smallest absolute Gasteiger partial charge is 0.306 e. The number of ether oxygens (including phenoxy) is 2. The summed E-state index contributed by atoms with van der Waals surface area (Å²) in [5.41, 5.74) is 0. The maximum Gasteiger partial charge on any atom is 0.306 e. The van der Waals surface area contributed by atoms with Crippen molar-refractivity contribution in [3.8, 4) is 0 Å². The number of unbranched alkanes of at least 4 members (excludes halogenated alkanes) is 30. The molecule has 0 saturated heterocycles. The molecule has 0 N–H and O–H groups in total. The first kappa shape index (κ1) is 70.4. The molecule has 0 amide bonds. The summed E-state index contributed by atoms with van der Waals surface area (Å²) >= 11 is 6.07. The van der Waals surface area contributed by atoms with Crippen LogP contribution < -0.4 is 0 Å². The van der Waals surface area contributed by atoms with E-state index in [2.05, 4.69) is 33.3 Å². The summed E-state index contributed by atoms with van der Waals surface area (Å²) < 4.78 is 10.6. The number of carbonyl (C=O) groups excluding carboxylic acids is 4. The van der Waals surface area contributed by atoms with Gasteiger partial charge in [0, 0.05) is 28.4 Å². The van der Waals surface area contributed by atoms with Gasteiger partial charge in [0.15, 0.2) is 5.12 Å². The molecule has 2 unspecified atom stereocenters. The van der Waals surface area contributed by atoms with Gasteiger partial charge in [-0.05, 0) is 44.8 Å². The minimum Gasteiger partial charge on any atom is -0.466 e. The molecule has 10 heteroatoms. The number of esters is 2. The minimum absolute atomic E-state index is 0. The molecule has 0 aromatic rings. The fraction of sp³-hybridized carbons (Fsp3) is 0.860. The van der Waals surface area contributed by atoms with Crippen LogP contribution in [-0.4, -0.2) is 69.9 Å². The second-order valence-corrected chi connectivity index (χ2v) is 22.8. The monoisotopic (exact) mass is 1020 g/mol. The van der Waals surface area contributed by atoms with E-state index < -0.39 is 0 Å². The molecule has 0 rings (SSSR count). The second kappa shape index (κ2) is 59.5. The SMILES string of the molecule is C.C/C=C/C=C/C(=O)SCCC(=O)OCCCCCCCCCCCCCCCCCC.CCCCCCCCCCCCCCCCCCOC(=O)CCSC(=O)CC(CC(C)SC)SC. The third kappa shape index (κ3) is 59.4. The molecule has 6 nitrogen and oxygen atoms in total. The Labute approximate surface area is 433 Å². The Morgan fingerprint density at radius 1 is 0.478 bits per heavy atom. The molecule has 0 aliphatic carbocycles. The molecule has 396 valence electrons. The van der Waals surface area contributed by atoms with E-state index >= 15 is 0 Å². The number of allylic oxidation sites excluding steroid dienone is 3. The lowest BCUT2D eigenvalue weighted by atomic mass is 10.0. The first-order valence-electron chi connectivity index (χ1n) is 27.2. The van der Waals surface area contributed by atoms with Crippen LogP contribution in [0.3, 0.4) is 0 Å². The Hall–Kier alpha value is -0.840. The van der Waals surface area contributed by atoms with Crippen LogP contribution in [0.25, 0.3) is 0 Å². The van der Waals surface area contributed by atoms with Crippen molar-refractivity contribution in [2.45, 2.75) is 277 Å². The Kier molecular flexibility index (Phi) is 62.5. The van der Waals surface area contributed by atoms with Crippen molar-refractivity contribution in [3.63, 3.8) is 0 Å². The van der Waals surface area contributed by atoms with Crippen LogP contribution in [0.15, 0.2) is 24.3 Å². The number of carbonyl (C=O) groups is 4. The molecule has 0 aromatic heterocycles. The lowest BCUT2D eigenvalue weighted by Gasteiger charge is -2.16. The zero-order valence-electron chi connectivity index (χ0n) is 43.8. The molecule has 0 aromatic carbocycles. The van der Waals surface area contributed by atoms with Gasteiger partial charge in [-0.2, -0.15) is 23.5 Å². The van der Waals surface area contributed by atoms with Crippen LogP contribution in [-0.2, 0) is 28.7 Å². The molecule has 0 heterocycles. The van der Waals surface area contributed by atoms with E-state index in [-0.39, 0.29) is 29.6 Å². The molecule has 0 spiro atoms. The zero-order chi connectivity index (χ0) is 48.8. The van der Waals surface area contributed by atoms with Crippen LogP contribution >= 0.6 is 47.0 Å². The third-order valence-electron chi connectivity index (χ3n) is 11.9. The number of rotatable bonds is 48. The molecular weight excluding hydrogens is 909 g/mol. The highest BCUT2D eigenvalue weighted by atomic mass is 32.2. The summed E-state index contributed by atoms with van der Waals surface area (Å²) in [6.07, 6.45) is 56.3. The molecule has 0 saturated carbocycles. The van der Waals surface area contributed by atoms with Crippen LogP contribution in [0.5, 0.6) is 0 Å². The fourth-order valence-electron chi connectivity index (χ4n) is 7.57. The van der Waals surface area contributed by atoms with Gasteiger partial charge in [-0.25, -0.2) is 0 Å². The van der Waals surface area contributed by atoms with E-state index in [4.69, 9.17) is 9.47 Å². The van der Waals surface area contributed by atoms with Gasteiger partial charge in [0.25, 0.3) is 0 Å². The Balaban J connectivity index is -0.00000121. The molecular formula is C57H108O6S4. The molecule has 67 heavy (non-hydrogen) atoms. The topological polar surface area (TPSA) is 86.7 Å². The lowest BCUT2D eigenvalue weighted by molar-refractivity contribution is -0.144. The normalized spacial score (nSPS) is 12.1. The van der Waals surface area contributed by atoms with E-state index in [1.165, 1.54) is 198 Å². The summed E-state index contributed by atoms with van der Waals surface area (Å²) in [6.45, 7) is 9.70. The van der Waals surface area contributed by atoms with Crippen molar-refractivity contribution >= 4 is 69.2 Å². The highest BCUT2D eigenvalue weighted by Gasteiger charge is 2.17. The van der Waals surface area contributed by atoms with Gasteiger partial charge in [0.2, 0.25) is 5.12 Å². The predicted molar refractivity (Wildman–Crippen MR) is 305 cm³/mol. The summed E-state index contributed by atoms with van der Waals surface area (Å²) in [5, 5.41) is 1.12. The van der Waals surface area contributed by atoms with Gasteiger partial charge in [-0.1, -0.05) is 263 Å². The van der Waals surface area contributed by atoms with Gasteiger partial charge >= 0.3 is 11.9 Å². The van der Waals surface area contributed by atoms with Crippen molar-refractivity contribution in [2.75, 3.05) is 37.2 Å². The van der Waals surface area contributed by atoms with Crippen molar-refractivity contribution < 1.29 is 28.7 Å². The molecule has 0 radical (unpaired) electrons. The first-order valence-corrected chi connectivity index (χ1v) is 31.8. The van der Waals surface area contributed by atoms with Crippen LogP contribution in [0.1, 0.15) is 266 Å².